The number of benzene rings is 1. The Bertz CT molecular complexity index is 657. The molecule has 0 saturated carbocycles. The van der Waals surface area contributed by atoms with Crippen LogP contribution < -0.4 is 16.2 Å². The maximum absolute atomic E-state index is 4.04. The van der Waals surface area contributed by atoms with Crippen LogP contribution in [0.4, 0.5) is 0 Å². The predicted molar refractivity (Wildman–Crippen MR) is 63.7 cm³/mol. The van der Waals surface area contributed by atoms with Crippen molar-refractivity contribution in [3.05, 3.63) is 44.7 Å². The van der Waals surface area contributed by atoms with E-state index >= 15 is 0 Å². The summed E-state index contributed by atoms with van der Waals surface area (Å²) < 4.78 is 0. The van der Waals surface area contributed by atoms with Gasteiger partial charge in [0.1, 0.15) is 10.7 Å². The number of hydrogen-bond acceptors (Lipinski definition) is 3. The van der Waals surface area contributed by atoms with Gasteiger partial charge in [0.2, 0.25) is 0 Å². The van der Waals surface area contributed by atoms with Gasteiger partial charge in [-0.15, -0.1) is 10.2 Å². The van der Waals surface area contributed by atoms with Crippen LogP contribution in [0.3, 0.4) is 0 Å². The summed E-state index contributed by atoms with van der Waals surface area (Å²) in [5.74, 6) is 0. The van der Waals surface area contributed by atoms with Crippen LogP contribution >= 0.6 is 11.3 Å². The molecule has 0 N–H and O–H groups in total. The molecule has 16 heavy (non-hydrogen) atoms. The smallest absolute Gasteiger partial charge is 0.118 e. The van der Waals surface area contributed by atoms with E-state index in [0.29, 0.717) is 0 Å². The Morgan fingerprint density at radius 2 is 2.00 bits per heavy atom. The average Bonchev–Trinajstić information content (AvgIpc) is 2.92. The fourth-order valence-corrected chi connectivity index (χ4v) is 2.58. The van der Waals surface area contributed by atoms with Crippen molar-refractivity contribution in [3.63, 3.8) is 0 Å². The molecule has 0 amide bonds. The van der Waals surface area contributed by atoms with Gasteiger partial charge in [0.15, 0.2) is 0 Å². The Kier molecular flexibility index (Phi) is 2.04. The number of rotatable bonds is 1. The Morgan fingerprint density at radius 3 is 2.75 bits per heavy atom. The van der Waals surface area contributed by atoms with E-state index in [0.717, 1.165) is 10.7 Å². The molecule has 2 aromatic rings. The molecule has 0 aliphatic carbocycles. The second-order valence-electron chi connectivity index (χ2n) is 3.84. The molecule has 0 bridgehead atoms. The highest BCUT2D eigenvalue weighted by Crippen LogP contribution is 2.24. The summed E-state index contributed by atoms with van der Waals surface area (Å²) in [7, 11) is 0. The van der Waals surface area contributed by atoms with Crippen LogP contribution in [-0.4, -0.2) is 0 Å². The minimum absolute atomic E-state index is 0.879. The van der Waals surface area contributed by atoms with Gasteiger partial charge in [-0.1, -0.05) is 0 Å². The summed E-state index contributed by atoms with van der Waals surface area (Å²) in [6.45, 7) is 4.19. The van der Waals surface area contributed by atoms with E-state index in [4.69, 9.17) is 0 Å². The fraction of sp³-hybridized carbons (Fsp3) is 0.167. The molecule has 1 aliphatic rings. The largest absolute Gasteiger partial charge is 0.152 e. The van der Waals surface area contributed by atoms with Crippen molar-refractivity contribution >= 4 is 11.3 Å². The third kappa shape index (κ3) is 1.27. The normalized spacial score (nSPS) is 12.6. The Balaban J connectivity index is 2.38. The highest BCUT2D eigenvalue weighted by molar-refractivity contribution is 7.08. The molecule has 1 aromatic carbocycles. The molecular formula is C12H10N3S. The topological polar surface area (TPSA) is 38.8 Å². The molecule has 79 valence electrons. The first-order chi connectivity index (χ1) is 7.77. The standard InChI is InChI=1S/C12H10N3S/c1-7-8(2)12-11(13-15-14-12)5-10(7)9-3-4-16-6-9/h3-6H,1-2H3. The number of fused-ring (bicyclic) bond motifs is 1. The van der Waals surface area contributed by atoms with Crippen LogP contribution in [0.5, 0.6) is 0 Å². The van der Waals surface area contributed by atoms with Gasteiger partial charge < -0.3 is 0 Å². The van der Waals surface area contributed by atoms with Gasteiger partial charge in [-0.2, -0.15) is 11.3 Å². The lowest BCUT2D eigenvalue weighted by Gasteiger charge is -2.06. The molecular weight excluding hydrogens is 218 g/mol. The molecule has 0 fully saturated rings. The first-order valence-corrected chi connectivity index (χ1v) is 6.00. The quantitative estimate of drug-likeness (QED) is 0.713. The van der Waals surface area contributed by atoms with Crippen molar-refractivity contribution in [3.8, 4) is 11.1 Å². The fourth-order valence-electron chi connectivity index (χ4n) is 1.92. The zero-order valence-electron chi connectivity index (χ0n) is 9.06. The first-order valence-electron chi connectivity index (χ1n) is 5.06. The molecule has 0 spiro atoms. The number of thiophene rings is 1. The highest BCUT2D eigenvalue weighted by atomic mass is 32.1. The van der Waals surface area contributed by atoms with Gasteiger partial charge in [-0.3, -0.25) is 0 Å². The second-order valence-corrected chi connectivity index (χ2v) is 4.62. The van der Waals surface area contributed by atoms with Gasteiger partial charge >= 0.3 is 0 Å². The lowest BCUT2D eigenvalue weighted by Crippen LogP contribution is -2.26. The number of nitrogens with zero attached hydrogens (tertiary/aromatic N) is 3. The van der Waals surface area contributed by atoms with Crippen LogP contribution in [0.1, 0.15) is 11.1 Å². The summed E-state index contributed by atoms with van der Waals surface area (Å²) in [6, 6.07) is 4.20. The van der Waals surface area contributed by atoms with E-state index in [1.54, 1.807) is 11.3 Å². The molecule has 3 nitrogen and oxygen atoms in total. The van der Waals surface area contributed by atoms with Crippen LogP contribution in [0.15, 0.2) is 33.1 Å². The van der Waals surface area contributed by atoms with Gasteiger partial charge in [0.05, 0.1) is 0 Å². The molecule has 1 radical (unpaired) electrons. The summed E-state index contributed by atoms with van der Waals surface area (Å²) in [4.78, 5) is 0. The van der Waals surface area contributed by atoms with E-state index < -0.39 is 0 Å². The van der Waals surface area contributed by atoms with Crippen LogP contribution in [-0.2, 0) is 0 Å². The Hall–Kier alpha value is -1.68. The summed E-state index contributed by atoms with van der Waals surface area (Å²) >= 11 is 1.70. The Labute approximate surface area is 97.1 Å². The lowest BCUT2D eigenvalue weighted by atomic mass is 9.98. The van der Waals surface area contributed by atoms with Crippen molar-refractivity contribution < 1.29 is 0 Å². The van der Waals surface area contributed by atoms with Gasteiger partial charge in [-0.05, 0) is 64.5 Å². The van der Waals surface area contributed by atoms with Gasteiger partial charge in [0.25, 0.3) is 0 Å². The van der Waals surface area contributed by atoms with Gasteiger partial charge in [0, 0.05) is 0 Å². The zero-order valence-corrected chi connectivity index (χ0v) is 9.88. The van der Waals surface area contributed by atoms with E-state index in [2.05, 4.69) is 52.5 Å². The molecule has 0 saturated heterocycles. The first kappa shape index (κ1) is 9.54. The van der Waals surface area contributed by atoms with Crippen LogP contribution in [0.2, 0.25) is 0 Å². The van der Waals surface area contributed by atoms with Gasteiger partial charge in [-0.25, -0.2) is 0 Å². The van der Waals surface area contributed by atoms with Crippen LogP contribution in [0.25, 0.3) is 11.1 Å². The molecule has 0 atom stereocenters. The minimum atomic E-state index is 0.879. The van der Waals surface area contributed by atoms with Crippen LogP contribution in [0, 0.1) is 13.8 Å². The zero-order chi connectivity index (χ0) is 11.1. The molecule has 0 unspecified atom stereocenters. The maximum Gasteiger partial charge on any atom is 0.118 e. The van der Waals surface area contributed by atoms with Crippen molar-refractivity contribution in [2.45, 2.75) is 13.8 Å². The monoisotopic (exact) mass is 228 g/mol. The maximum atomic E-state index is 4.04. The third-order valence-electron chi connectivity index (χ3n) is 2.97. The van der Waals surface area contributed by atoms with E-state index in [1.807, 2.05) is 0 Å². The Morgan fingerprint density at radius 1 is 1.12 bits per heavy atom. The molecule has 4 heteroatoms. The SMILES string of the molecule is Cc1c(-c2ccsc2)cc2c(c1C)=N[N]N=2. The van der Waals surface area contributed by atoms with Crippen molar-refractivity contribution in [2.75, 3.05) is 0 Å². The summed E-state index contributed by atoms with van der Waals surface area (Å²) in [5.41, 5.74) is 8.63. The highest BCUT2D eigenvalue weighted by Gasteiger charge is 2.11. The number of hydrogen-bond donors (Lipinski definition) is 0. The van der Waals surface area contributed by atoms with E-state index in [9.17, 15) is 0 Å². The molecule has 1 aliphatic heterocycles. The third-order valence-corrected chi connectivity index (χ3v) is 3.66. The minimum Gasteiger partial charge on any atom is -0.152 e. The average molecular weight is 228 g/mol. The lowest BCUT2D eigenvalue weighted by molar-refractivity contribution is 0.779. The molecule has 2 heterocycles. The summed E-state index contributed by atoms with van der Waals surface area (Å²) in [6.07, 6.45) is 0. The van der Waals surface area contributed by atoms with E-state index in [1.165, 1.54) is 22.3 Å². The van der Waals surface area contributed by atoms with E-state index in [-0.39, 0.29) is 0 Å². The molecule has 1 aromatic heterocycles. The molecule has 3 rings (SSSR count). The van der Waals surface area contributed by atoms with Crippen molar-refractivity contribution in [1.29, 1.82) is 0 Å². The van der Waals surface area contributed by atoms with Crippen molar-refractivity contribution in [2.24, 2.45) is 10.2 Å². The second kappa shape index (κ2) is 3.42. The van der Waals surface area contributed by atoms with Crippen molar-refractivity contribution in [1.82, 2.24) is 5.53 Å². The predicted octanol–water partition coefficient (Wildman–Crippen LogP) is 1.72. The summed E-state index contributed by atoms with van der Waals surface area (Å²) in [5, 5.41) is 14.1.